The molecule has 3 heterocycles. The monoisotopic (exact) mass is 498 g/mol. The van der Waals surface area contributed by atoms with E-state index in [2.05, 4.69) is 35.2 Å². The van der Waals surface area contributed by atoms with Gasteiger partial charge in [0, 0.05) is 38.6 Å². The highest BCUT2D eigenvalue weighted by atomic mass is 16.2. The molecule has 192 valence electrons. The van der Waals surface area contributed by atoms with Gasteiger partial charge in [-0.25, -0.2) is 4.98 Å². The van der Waals surface area contributed by atoms with Gasteiger partial charge in [-0.05, 0) is 61.4 Å². The zero-order chi connectivity index (χ0) is 25.8. The first-order valence-electron chi connectivity index (χ1n) is 12.9. The van der Waals surface area contributed by atoms with Crippen LogP contribution in [0.25, 0.3) is 11.0 Å². The molecule has 0 radical (unpaired) electrons. The topological polar surface area (TPSA) is 76.3 Å². The molecular formula is C29H34N6O2. The highest BCUT2D eigenvalue weighted by Gasteiger charge is 2.33. The summed E-state index contributed by atoms with van der Waals surface area (Å²) in [5.41, 5.74) is 4.37. The third kappa shape index (κ3) is 5.58. The summed E-state index contributed by atoms with van der Waals surface area (Å²) in [4.78, 5) is 34.6. The summed E-state index contributed by atoms with van der Waals surface area (Å²) in [7, 11) is 1.91. The van der Waals surface area contributed by atoms with E-state index >= 15 is 0 Å². The number of piperidine rings is 1. The van der Waals surface area contributed by atoms with E-state index < -0.39 is 0 Å². The molecule has 4 aromatic rings. The summed E-state index contributed by atoms with van der Waals surface area (Å²) in [5.74, 6) is 0.470. The maximum atomic E-state index is 13.2. The van der Waals surface area contributed by atoms with Gasteiger partial charge in [0.15, 0.2) is 0 Å². The molecule has 5 rings (SSSR count). The van der Waals surface area contributed by atoms with Crippen molar-refractivity contribution in [2.45, 2.75) is 45.3 Å². The van der Waals surface area contributed by atoms with Crippen molar-refractivity contribution in [3.05, 3.63) is 84.4 Å². The largest absolute Gasteiger partial charge is 0.341 e. The maximum Gasteiger partial charge on any atom is 0.244 e. The lowest BCUT2D eigenvalue weighted by atomic mass is 9.84. The highest BCUT2D eigenvalue weighted by Crippen LogP contribution is 2.28. The van der Waals surface area contributed by atoms with Crippen LogP contribution < -0.4 is 0 Å². The van der Waals surface area contributed by atoms with E-state index in [0.29, 0.717) is 25.6 Å². The molecule has 1 aliphatic rings. The Hall–Kier alpha value is -3.94. The number of nitrogens with zero attached hydrogens (tertiary/aromatic N) is 6. The number of rotatable bonds is 8. The van der Waals surface area contributed by atoms with Crippen molar-refractivity contribution in [2.75, 3.05) is 20.1 Å². The van der Waals surface area contributed by atoms with Crippen LogP contribution in [-0.4, -0.2) is 67.1 Å². The van der Waals surface area contributed by atoms with E-state index in [1.165, 1.54) is 11.1 Å². The molecule has 1 fully saturated rings. The fourth-order valence-corrected chi connectivity index (χ4v) is 5.43. The Kier molecular flexibility index (Phi) is 7.35. The zero-order valence-corrected chi connectivity index (χ0v) is 21.5. The molecular weight excluding hydrogens is 464 g/mol. The molecule has 2 aromatic heterocycles. The van der Waals surface area contributed by atoms with Crippen molar-refractivity contribution in [3.63, 3.8) is 0 Å². The van der Waals surface area contributed by atoms with Crippen LogP contribution in [0.5, 0.6) is 0 Å². The van der Waals surface area contributed by atoms with E-state index in [-0.39, 0.29) is 24.4 Å². The Labute approximate surface area is 217 Å². The van der Waals surface area contributed by atoms with Crippen molar-refractivity contribution < 1.29 is 9.59 Å². The molecule has 1 aliphatic heterocycles. The predicted molar refractivity (Wildman–Crippen MR) is 143 cm³/mol. The second-order valence-electron chi connectivity index (χ2n) is 9.99. The lowest BCUT2D eigenvalue weighted by Crippen LogP contribution is -2.49. The van der Waals surface area contributed by atoms with Crippen LogP contribution in [-0.2, 0) is 29.1 Å². The summed E-state index contributed by atoms with van der Waals surface area (Å²) in [6.45, 7) is 4.03. The van der Waals surface area contributed by atoms with Gasteiger partial charge in [0.05, 0.1) is 17.4 Å². The molecule has 1 saturated heterocycles. The Morgan fingerprint density at radius 2 is 1.78 bits per heavy atom. The van der Waals surface area contributed by atoms with E-state index in [1.807, 2.05) is 64.0 Å². The number of carbonyl (C=O) groups excluding carboxylic acids is 2. The third-order valence-electron chi connectivity index (χ3n) is 7.71. The molecule has 0 N–H and O–H groups in total. The van der Waals surface area contributed by atoms with Crippen LogP contribution in [0, 0.1) is 12.8 Å². The van der Waals surface area contributed by atoms with Gasteiger partial charge in [-0.15, -0.1) is 0 Å². The van der Waals surface area contributed by atoms with Crippen molar-refractivity contribution in [2.24, 2.45) is 5.92 Å². The first-order valence-corrected chi connectivity index (χ1v) is 12.9. The van der Waals surface area contributed by atoms with Crippen molar-refractivity contribution in [1.29, 1.82) is 0 Å². The summed E-state index contributed by atoms with van der Waals surface area (Å²) >= 11 is 0. The highest BCUT2D eigenvalue weighted by molar-refractivity contribution is 5.80. The number of fused-ring (bicyclic) bond motifs is 1. The summed E-state index contributed by atoms with van der Waals surface area (Å²) in [6, 6.07) is 18.2. The Morgan fingerprint density at radius 3 is 2.54 bits per heavy atom. The zero-order valence-electron chi connectivity index (χ0n) is 21.5. The maximum absolute atomic E-state index is 13.2. The molecule has 2 aromatic carbocycles. The number of aromatic nitrogens is 4. The Morgan fingerprint density at radius 1 is 1.03 bits per heavy atom. The van der Waals surface area contributed by atoms with E-state index in [4.69, 9.17) is 0 Å². The van der Waals surface area contributed by atoms with Gasteiger partial charge in [-0.3, -0.25) is 14.3 Å². The van der Waals surface area contributed by atoms with E-state index in [1.54, 1.807) is 17.2 Å². The average Bonchev–Trinajstić information content (AvgIpc) is 3.58. The predicted octanol–water partition coefficient (Wildman–Crippen LogP) is 3.55. The van der Waals surface area contributed by atoms with E-state index in [0.717, 1.165) is 30.3 Å². The minimum atomic E-state index is 0.0489. The molecule has 0 aliphatic carbocycles. The molecule has 8 heteroatoms. The van der Waals surface area contributed by atoms with Crippen molar-refractivity contribution >= 4 is 22.8 Å². The number of likely N-dealkylation sites (tertiary alicyclic amines) is 1. The number of amides is 2. The number of hydrogen-bond donors (Lipinski definition) is 0. The van der Waals surface area contributed by atoms with Crippen LogP contribution in [0.2, 0.25) is 0 Å². The normalized spacial score (nSPS) is 15.1. The smallest absolute Gasteiger partial charge is 0.244 e. The fraction of sp³-hybridized carbons (Fsp3) is 0.379. The lowest BCUT2D eigenvalue weighted by Gasteiger charge is -2.40. The minimum Gasteiger partial charge on any atom is -0.341 e. The SMILES string of the molecule is Cc1ccccc1C[C@@H](C1CCN(C(=O)Cn2cnc3ccccc32)CC1)N(C)C(=O)Cn1cccn1. The number of imidazole rings is 1. The first kappa shape index (κ1) is 24.7. The molecule has 0 saturated carbocycles. The van der Waals surface area contributed by atoms with Gasteiger partial charge in [-0.1, -0.05) is 36.4 Å². The number of hydrogen-bond acceptors (Lipinski definition) is 4. The standard InChI is InChI=1S/C29H34N6O2/c1-22-8-3-4-9-24(22)18-27(32(2)28(36)20-35-15-7-14-31-35)23-12-16-33(17-13-23)29(37)19-34-21-30-25-10-5-6-11-26(25)34/h3-11,14-15,21,23,27H,12-13,16-20H2,1-2H3/t27-/m0/s1. The van der Waals surface area contributed by atoms with Crippen LogP contribution in [0.4, 0.5) is 0 Å². The summed E-state index contributed by atoms with van der Waals surface area (Å²) in [6.07, 6.45) is 7.78. The molecule has 2 amide bonds. The van der Waals surface area contributed by atoms with Gasteiger partial charge < -0.3 is 14.4 Å². The van der Waals surface area contributed by atoms with Gasteiger partial charge in [-0.2, -0.15) is 5.10 Å². The minimum absolute atomic E-state index is 0.0489. The molecule has 8 nitrogen and oxygen atoms in total. The van der Waals surface area contributed by atoms with E-state index in [9.17, 15) is 9.59 Å². The first-order chi connectivity index (χ1) is 18.0. The van der Waals surface area contributed by atoms with Crippen LogP contribution >= 0.6 is 0 Å². The summed E-state index contributed by atoms with van der Waals surface area (Å²) in [5, 5.41) is 4.21. The van der Waals surface area contributed by atoms with Crippen LogP contribution in [0.1, 0.15) is 24.0 Å². The number of aryl methyl sites for hydroxylation is 1. The van der Waals surface area contributed by atoms with Gasteiger partial charge in [0.25, 0.3) is 0 Å². The molecule has 0 bridgehead atoms. The Balaban J connectivity index is 1.26. The second-order valence-corrected chi connectivity index (χ2v) is 9.99. The van der Waals surface area contributed by atoms with Gasteiger partial charge in [0.1, 0.15) is 13.1 Å². The van der Waals surface area contributed by atoms with Crippen LogP contribution in [0.15, 0.2) is 73.3 Å². The molecule has 1 atom stereocenters. The number of benzene rings is 2. The number of para-hydroxylation sites is 2. The van der Waals surface area contributed by atoms with Crippen LogP contribution in [0.3, 0.4) is 0 Å². The number of carbonyl (C=O) groups is 2. The summed E-state index contributed by atoms with van der Waals surface area (Å²) < 4.78 is 3.59. The molecule has 0 unspecified atom stereocenters. The van der Waals surface area contributed by atoms with Gasteiger partial charge in [0.2, 0.25) is 11.8 Å². The average molecular weight is 499 g/mol. The molecule has 37 heavy (non-hydrogen) atoms. The Bertz CT molecular complexity index is 1350. The lowest BCUT2D eigenvalue weighted by molar-refractivity contribution is -0.137. The number of likely N-dealkylation sites (N-methyl/N-ethyl adjacent to an activating group) is 1. The van der Waals surface area contributed by atoms with Crippen molar-refractivity contribution in [3.8, 4) is 0 Å². The fourth-order valence-electron chi connectivity index (χ4n) is 5.43. The van der Waals surface area contributed by atoms with Crippen molar-refractivity contribution in [1.82, 2.24) is 29.1 Å². The quantitative estimate of drug-likeness (QED) is 0.372. The van der Waals surface area contributed by atoms with Gasteiger partial charge >= 0.3 is 0 Å². The third-order valence-corrected chi connectivity index (χ3v) is 7.71. The second kappa shape index (κ2) is 11.0. The molecule has 0 spiro atoms.